The Morgan fingerprint density at radius 3 is 2.74 bits per heavy atom. The Morgan fingerprint density at radius 2 is 2.16 bits per heavy atom. The molecule has 2 unspecified atom stereocenters. The molecular weight excluding hydrogens is 238 g/mol. The summed E-state index contributed by atoms with van der Waals surface area (Å²) in [4.78, 5) is 9.14. The summed E-state index contributed by atoms with van der Waals surface area (Å²) >= 11 is 0. The molecule has 1 N–H and O–H groups in total. The molecule has 0 bridgehead atoms. The number of ether oxygens (including phenoxy) is 1. The summed E-state index contributed by atoms with van der Waals surface area (Å²) in [5.74, 6) is 1.54. The zero-order valence-electron chi connectivity index (χ0n) is 12.3. The molecule has 1 heterocycles. The van der Waals surface area contributed by atoms with E-state index in [1.54, 1.807) is 0 Å². The third-order valence-electron chi connectivity index (χ3n) is 3.87. The largest absolute Gasteiger partial charge is 0.367 e. The molecule has 0 amide bonds. The maximum Gasteiger partial charge on any atom is 0.160 e. The van der Waals surface area contributed by atoms with E-state index in [0.717, 1.165) is 30.8 Å². The van der Waals surface area contributed by atoms with E-state index in [0.29, 0.717) is 12.5 Å². The van der Waals surface area contributed by atoms with Gasteiger partial charge in [0.25, 0.3) is 0 Å². The Morgan fingerprint density at radius 1 is 1.42 bits per heavy atom. The van der Waals surface area contributed by atoms with Crippen molar-refractivity contribution in [2.24, 2.45) is 5.92 Å². The number of aromatic nitrogens is 2. The van der Waals surface area contributed by atoms with Crippen molar-refractivity contribution in [1.29, 1.82) is 0 Å². The molecule has 106 valence electrons. The Kier molecular flexibility index (Phi) is 4.88. The first-order valence-electron chi connectivity index (χ1n) is 7.30. The monoisotopic (exact) mass is 263 g/mol. The second-order valence-corrected chi connectivity index (χ2v) is 5.57. The maximum atomic E-state index is 6.09. The number of hydrogen-bond donors (Lipinski definition) is 1. The number of nitrogens with zero attached hydrogens (tertiary/aromatic N) is 2. The first-order chi connectivity index (χ1) is 9.20. The molecule has 0 radical (unpaired) electrons. The van der Waals surface area contributed by atoms with Crippen LogP contribution in [0.4, 0.5) is 0 Å². The van der Waals surface area contributed by atoms with Crippen molar-refractivity contribution in [1.82, 2.24) is 15.3 Å². The molecule has 1 aromatic rings. The fourth-order valence-corrected chi connectivity index (χ4v) is 3.06. The zero-order chi connectivity index (χ0) is 13.7. The van der Waals surface area contributed by atoms with Crippen molar-refractivity contribution in [2.45, 2.75) is 51.7 Å². The van der Waals surface area contributed by atoms with Crippen LogP contribution in [0.3, 0.4) is 0 Å². The summed E-state index contributed by atoms with van der Waals surface area (Å²) < 4.78 is 6.09. The summed E-state index contributed by atoms with van der Waals surface area (Å²) in [5, 5.41) is 3.11. The molecule has 4 nitrogen and oxygen atoms in total. The van der Waals surface area contributed by atoms with Crippen LogP contribution in [0.2, 0.25) is 0 Å². The molecule has 4 heteroatoms. The highest BCUT2D eigenvalue weighted by Crippen LogP contribution is 2.41. The summed E-state index contributed by atoms with van der Waals surface area (Å²) in [7, 11) is 1.93. The second kappa shape index (κ2) is 6.44. The zero-order valence-corrected chi connectivity index (χ0v) is 12.3. The second-order valence-electron chi connectivity index (χ2n) is 5.57. The quantitative estimate of drug-likeness (QED) is 0.887. The highest BCUT2D eigenvalue weighted by Gasteiger charge is 2.39. The van der Waals surface area contributed by atoms with Gasteiger partial charge in [0, 0.05) is 31.1 Å². The third-order valence-corrected chi connectivity index (χ3v) is 3.87. The average Bonchev–Trinajstić information content (AvgIpc) is 2.40. The van der Waals surface area contributed by atoms with Crippen LogP contribution in [0.25, 0.3) is 0 Å². The highest BCUT2D eigenvalue weighted by atomic mass is 16.5. The van der Waals surface area contributed by atoms with Crippen molar-refractivity contribution >= 4 is 0 Å². The fraction of sp³-hybridized carbons (Fsp3) is 0.733. The van der Waals surface area contributed by atoms with Crippen LogP contribution >= 0.6 is 0 Å². The molecule has 1 fully saturated rings. The lowest BCUT2D eigenvalue weighted by atomic mass is 9.78. The molecule has 0 saturated heterocycles. The lowest BCUT2D eigenvalue weighted by Crippen LogP contribution is -2.37. The topological polar surface area (TPSA) is 47.0 Å². The normalized spacial score (nSPS) is 27.4. The van der Waals surface area contributed by atoms with Gasteiger partial charge in [0.1, 0.15) is 5.60 Å². The van der Waals surface area contributed by atoms with Gasteiger partial charge in [-0.2, -0.15) is 0 Å². The lowest BCUT2D eigenvalue weighted by Gasteiger charge is -2.38. The van der Waals surface area contributed by atoms with Crippen LogP contribution in [-0.4, -0.2) is 23.6 Å². The third kappa shape index (κ3) is 3.31. The molecule has 1 aromatic heterocycles. The van der Waals surface area contributed by atoms with E-state index >= 15 is 0 Å². The van der Waals surface area contributed by atoms with Gasteiger partial charge in [-0.1, -0.05) is 13.3 Å². The van der Waals surface area contributed by atoms with Crippen LogP contribution in [-0.2, 0) is 16.9 Å². The van der Waals surface area contributed by atoms with E-state index in [4.69, 9.17) is 4.74 Å². The first-order valence-corrected chi connectivity index (χ1v) is 7.30. The van der Waals surface area contributed by atoms with E-state index in [9.17, 15) is 0 Å². The Balaban J connectivity index is 2.22. The van der Waals surface area contributed by atoms with Gasteiger partial charge >= 0.3 is 0 Å². The molecule has 2 rings (SSSR count). The summed E-state index contributed by atoms with van der Waals surface area (Å²) in [6.07, 6.45) is 8.38. The fourth-order valence-electron chi connectivity index (χ4n) is 3.06. The van der Waals surface area contributed by atoms with E-state index in [1.165, 1.54) is 12.8 Å². The number of rotatable bonds is 5. The van der Waals surface area contributed by atoms with Crippen LogP contribution in [0, 0.1) is 5.92 Å². The molecular formula is C15H25N3O. The predicted molar refractivity (Wildman–Crippen MR) is 75.7 cm³/mol. The SMILES string of the molecule is CCOC1(c2ncc(CNC)cn2)CCCC(C)C1. The van der Waals surface area contributed by atoms with Crippen molar-refractivity contribution in [3.63, 3.8) is 0 Å². The number of nitrogens with one attached hydrogen (secondary N) is 1. The molecule has 0 spiro atoms. The van der Waals surface area contributed by atoms with Crippen molar-refractivity contribution < 1.29 is 4.74 Å². The minimum atomic E-state index is -0.259. The first kappa shape index (κ1) is 14.4. The molecule has 2 atom stereocenters. The van der Waals surface area contributed by atoms with Crippen molar-refractivity contribution in [3.8, 4) is 0 Å². The summed E-state index contributed by atoms with van der Waals surface area (Å²) in [6, 6.07) is 0. The minimum absolute atomic E-state index is 0.259. The van der Waals surface area contributed by atoms with Gasteiger partial charge in [0.05, 0.1) is 0 Å². The van der Waals surface area contributed by atoms with E-state index in [-0.39, 0.29) is 5.60 Å². The summed E-state index contributed by atoms with van der Waals surface area (Å²) in [6.45, 7) is 5.87. The van der Waals surface area contributed by atoms with Gasteiger partial charge < -0.3 is 10.1 Å². The van der Waals surface area contributed by atoms with Crippen molar-refractivity contribution in [2.75, 3.05) is 13.7 Å². The van der Waals surface area contributed by atoms with E-state index in [2.05, 4.69) is 29.1 Å². The van der Waals surface area contributed by atoms with Crippen LogP contribution in [0.1, 0.15) is 50.9 Å². The van der Waals surface area contributed by atoms with Gasteiger partial charge in [-0.15, -0.1) is 0 Å². The summed E-state index contributed by atoms with van der Waals surface area (Å²) in [5.41, 5.74) is 0.853. The lowest BCUT2D eigenvalue weighted by molar-refractivity contribution is -0.0881. The van der Waals surface area contributed by atoms with E-state index < -0.39 is 0 Å². The van der Waals surface area contributed by atoms with Crippen LogP contribution in [0.15, 0.2) is 12.4 Å². The van der Waals surface area contributed by atoms with Gasteiger partial charge in [0.15, 0.2) is 5.82 Å². The van der Waals surface area contributed by atoms with Gasteiger partial charge in [0.2, 0.25) is 0 Å². The van der Waals surface area contributed by atoms with Crippen molar-refractivity contribution in [3.05, 3.63) is 23.8 Å². The smallest absolute Gasteiger partial charge is 0.160 e. The van der Waals surface area contributed by atoms with Gasteiger partial charge in [-0.25, -0.2) is 9.97 Å². The standard InChI is InChI=1S/C15H25N3O/c1-4-19-15(7-5-6-12(2)8-15)14-17-10-13(9-16-3)11-18-14/h10-12,16H,4-9H2,1-3H3. The molecule has 1 aliphatic rings. The number of hydrogen-bond acceptors (Lipinski definition) is 4. The van der Waals surface area contributed by atoms with Crippen LogP contribution in [0.5, 0.6) is 0 Å². The van der Waals surface area contributed by atoms with E-state index in [1.807, 2.05) is 19.4 Å². The van der Waals surface area contributed by atoms with Gasteiger partial charge in [-0.05, 0) is 39.2 Å². The van der Waals surface area contributed by atoms with Crippen LogP contribution < -0.4 is 5.32 Å². The molecule has 0 aliphatic heterocycles. The Bertz CT molecular complexity index is 389. The molecule has 0 aromatic carbocycles. The maximum absolute atomic E-state index is 6.09. The molecule has 1 saturated carbocycles. The Hall–Kier alpha value is -1.00. The predicted octanol–water partition coefficient (Wildman–Crippen LogP) is 2.64. The molecule has 1 aliphatic carbocycles. The minimum Gasteiger partial charge on any atom is -0.367 e. The Labute approximate surface area is 116 Å². The highest BCUT2D eigenvalue weighted by molar-refractivity contribution is 5.11. The molecule has 19 heavy (non-hydrogen) atoms. The van der Waals surface area contributed by atoms with Gasteiger partial charge in [-0.3, -0.25) is 0 Å². The average molecular weight is 263 g/mol.